The van der Waals surface area contributed by atoms with Gasteiger partial charge in [0.25, 0.3) is 0 Å². The third-order valence-electron chi connectivity index (χ3n) is 4.37. The molecule has 4 nitrogen and oxygen atoms in total. The second-order valence-corrected chi connectivity index (χ2v) is 5.77. The molecule has 0 bridgehead atoms. The summed E-state index contributed by atoms with van der Waals surface area (Å²) >= 11 is 0. The monoisotopic (exact) mass is 258 g/mol. The highest BCUT2D eigenvalue weighted by Crippen LogP contribution is 2.40. The Morgan fingerprint density at radius 3 is 2.68 bits per heavy atom. The number of imidazole rings is 1. The van der Waals surface area contributed by atoms with E-state index in [-0.39, 0.29) is 5.41 Å². The second kappa shape index (κ2) is 4.08. The first-order valence-electron chi connectivity index (χ1n) is 6.71. The maximum absolute atomic E-state index is 11.0. The number of aromatic nitrogens is 2. The third kappa shape index (κ3) is 1.82. The Morgan fingerprint density at radius 2 is 2.05 bits per heavy atom. The van der Waals surface area contributed by atoms with Gasteiger partial charge in [-0.3, -0.25) is 0 Å². The van der Waals surface area contributed by atoms with Crippen LogP contribution < -0.4 is 0 Å². The van der Waals surface area contributed by atoms with E-state index in [4.69, 9.17) is 10.1 Å². The molecule has 1 aromatic carbocycles. The number of aryl methyl sites for hydroxylation is 1. The van der Waals surface area contributed by atoms with Gasteiger partial charge < -0.3 is 9.67 Å². The molecule has 0 unspecified atom stereocenters. The quantitative estimate of drug-likeness (QED) is 0.900. The minimum Gasteiger partial charge on any atom is -0.478 e. The number of fused-ring (bicyclic) bond motifs is 1. The molecular formula is C15H18N2O2. The van der Waals surface area contributed by atoms with E-state index in [1.165, 1.54) is 12.8 Å². The van der Waals surface area contributed by atoms with Crippen molar-refractivity contribution in [3.63, 3.8) is 0 Å². The number of carboxylic acids is 1. The molecule has 0 saturated heterocycles. The summed E-state index contributed by atoms with van der Waals surface area (Å²) in [5.74, 6) is 0.184. The molecule has 100 valence electrons. The van der Waals surface area contributed by atoms with E-state index >= 15 is 0 Å². The van der Waals surface area contributed by atoms with Gasteiger partial charge in [-0.15, -0.1) is 0 Å². The van der Waals surface area contributed by atoms with Crippen LogP contribution in [-0.2, 0) is 12.5 Å². The van der Waals surface area contributed by atoms with Gasteiger partial charge in [-0.2, -0.15) is 0 Å². The van der Waals surface area contributed by atoms with Crippen molar-refractivity contribution in [2.24, 2.45) is 7.05 Å². The molecule has 19 heavy (non-hydrogen) atoms. The highest BCUT2D eigenvalue weighted by Gasteiger charge is 2.34. The average molecular weight is 258 g/mol. The zero-order valence-corrected chi connectivity index (χ0v) is 11.3. The van der Waals surface area contributed by atoms with E-state index in [2.05, 4.69) is 11.5 Å². The molecular weight excluding hydrogens is 240 g/mol. The van der Waals surface area contributed by atoms with E-state index in [9.17, 15) is 4.79 Å². The molecule has 1 aliphatic carbocycles. The number of carbonyl (C=O) groups is 1. The third-order valence-corrected chi connectivity index (χ3v) is 4.37. The van der Waals surface area contributed by atoms with Crippen LogP contribution in [0.15, 0.2) is 18.2 Å². The number of nitrogens with zero attached hydrogens (tertiary/aromatic N) is 2. The molecule has 1 aliphatic rings. The number of rotatable bonds is 2. The Balaban J connectivity index is 2.17. The Morgan fingerprint density at radius 1 is 1.37 bits per heavy atom. The predicted molar refractivity (Wildman–Crippen MR) is 73.5 cm³/mol. The molecule has 0 spiro atoms. The van der Waals surface area contributed by atoms with Crippen molar-refractivity contribution in [1.82, 2.24) is 9.55 Å². The average Bonchev–Trinajstić information content (AvgIpc) is 2.95. The summed E-state index contributed by atoms with van der Waals surface area (Å²) in [4.78, 5) is 15.7. The fourth-order valence-corrected chi connectivity index (χ4v) is 3.25. The molecule has 0 atom stereocenters. The smallest absolute Gasteiger partial charge is 0.335 e. The minimum absolute atomic E-state index is 0.136. The van der Waals surface area contributed by atoms with Gasteiger partial charge >= 0.3 is 5.97 Å². The van der Waals surface area contributed by atoms with Crippen molar-refractivity contribution in [3.05, 3.63) is 29.6 Å². The van der Waals surface area contributed by atoms with Gasteiger partial charge in [-0.05, 0) is 31.0 Å². The molecule has 1 heterocycles. The number of hydrogen-bond donors (Lipinski definition) is 1. The lowest BCUT2D eigenvalue weighted by molar-refractivity contribution is 0.0697. The topological polar surface area (TPSA) is 55.1 Å². The fraction of sp³-hybridized carbons (Fsp3) is 0.467. The van der Waals surface area contributed by atoms with Crippen molar-refractivity contribution in [1.29, 1.82) is 0 Å². The van der Waals surface area contributed by atoms with Crippen LogP contribution >= 0.6 is 0 Å². The maximum atomic E-state index is 11.0. The highest BCUT2D eigenvalue weighted by atomic mass is 16.4. The highest BCUT2D eigenvalue weighted by molar-refractivity contribution is 5.92. The molecule has 1 aromatic heterocycles. The van der Waals surface area contributed by atoms with Crippen molar-refractivity contribution < 1.29 is 9.90 Å². The van der Waals surface area contributed by atoms with Crippen LogP contribution in [0, 0.1) is 0 Å². The first kappa shape index (κ1) is 12.2. The fourth-order valence-electron chi connectivity index (χ4n) is 3.25. The summed E-state index contributed by atoms with van der Waals surface area (Å²) in [5, 5.41) is 9.05. The lowest BCUT2D eigenvalue weighted by Crippen LogP contribution is -2.21. The van der Waals surface area contributed by atoms with Gasteiger partial charge in [0.2, 0.25) is 0 Å². The Bertz CT molecular complexity index is 651. The predicted octanol–water partition coefficient (Wildman–Crippen LogP) is 3.10. The van der Waals surface area contributed by atoms with E-state index < -0.39 is 5.97 Å². The van der Waals surface area contributed by atoms with Crippen molar-refractivity contribution in [3.8, 4) is 0 Å². The van der Waals surface area contributed by atoms with E-state index in [0.717, 1.165) is 29.7 Å². The Hall–Kier alpha value is -1.84. The summed E-state index contributed by atoms with van der Waals surface area (Å²) in [5.41, 5.74) is 2.23. The van der Waals surface area contributed by atoms with Crippen molar-refractivity contribution in [2.75, 3.05) is 0 Å². The normalized spacial score (nSPS) is 18.0. The van der Waals surface area contributed by atoms with Gasteiger partial charge in [0.05, 0.1) is 16.6 Å². The van der Waals surface area contributed by atoms with E-state index in [0.29, 0.717) is 5.56 Å². The van der Waals surface area contributed by atoms with Crippen LogP contribution in [0.2, 0.25) is 0 Å². The first-order chi connectivity index (χ1) is 9.01. The van der Waals surface area contributed by atoms with Crippen molar-refractivity contribution >= 4 is 17.0 Å². The first-order valence-corrected chi connectivity index (χ1v) is 6.71. The maximum Gasteiger partial charge on any atom is 0.335 e. The number of aromatic carboxylic acids is 1. The molecule has 3 rings (SSSR count). The second-order valence-electron chi connectivity index (χ2n) is 5.77. The summed E-state index contributed by atoms with van der Waals surface area (Å²) in [6.07, 6.45) is 4.83. The summed E-state index contributed by atoms with van der Waals surface area (Å²) in [6.45, 7) is 2.26. The van der Waals surface area contributed by atoms with Crippen LogP contribution in [0.5, 0.6) is 0 Å². The Kier molecular flexibility index (Phi) is 2.62. The summed E-state index contributed by atoms with van der Waals surface area (Å²) in [7, 11) is 2.02. The Labute approximate surface area is 112 Å². The number of hydrogen-bond acceptors (Lipinski definition) is 2. The molecule has 2 aromatic rings. The molecule has 1 fully saturated rings. The van der Waals surface area contributed by atoms with Crippen molar-refractivity contribution in [2.45, 2.75) is 38.0 Å². The molecule has 1 N–H and O–H groups in total. The standard InChI is InChI=1S/C15H18N2O2/c1-15(7-3-4-8-15)14-16-11-9-10(13(18)19)5-6-12(11)17(14)2/h5-6,9H,3-4,7-8H2,1-2H3,(H,18,19). The minimum atomic E-state index is -0.902. The zero-order chi connectivity index (χ0) is 13.6. The molecule has 1 saturated carbocycles. The SMILES string of the molecule is Cn1c(C2(C)CCCC2)nc2cc(C(=O)O)ccc21. The van der Waals surface area contributed by atoms with Gasteiger partial charge in [0.1, 0.15) is 5.82 Å². The van der Waals surface area contributed by atoms with Crippen LogP contribution in [0.1, 0.15) is 48.8 Å². The van der Waals surface area contributed by atoms with E-state index in [1.54, 1.807) is 12.1 Å². The van der Waals surface area contributed by atoms with Gasteiger partial charge in [0, 0.05) is 12.5 Å². The molecule has 0 amide bonds. The molecule has 0 radical (unpaired) electrons. The lowest BCUT2D eigenvalue weighted by Gasteiger charge is -2.22. The lowest BCUT2D eigenvalue weighted by atomic mass is 9.88. The van der Waals surface area contributed by atoms with E-state index in [1.807, 2.05) is 13.1 Å². The number of carboxylic acid groups (broad SMARTS) is 1. The largest absolute Gasteiger partial charge is 0.478 e. The van der Waals surface area contributed by atoms with Crippen LogP contribution in [-0.4, -0.2) is 20.6 Å². The van der Waals surface area contributed by atoms with Crippen LogP contribution in [0.25, 0.3) is 11.0 Å². The summed E-state index contributed by atoms with van der Waals surface area (Å²) in [6, 6.07) is 5.17. The number of benzene rings is 1. The van der Waals surface area contributed by atoms with Gasteiger partial charge in [-0.1, -0.05) is 19.8 Å². The van der Waals surface area contributed by atoms with Gasteiger partial charge in [-0.25, -0.2) is 9.78 Å². The van der Waals surface area contributed by atoms with Crippen LogP contribution in [0.3, 0.4) is 0 Å². The molecule has 0 aliphatic heterocycles. The van der Waals surface area contributed by atoms with Crippen LogP contribution in [0.4, 0.5) is 0 Å². The van der Waals surface area contributed by atoms with Gasteiger partial charge in [0.15, 0.2) is 0 Å². The zero-order valence-electron chi connectivity index (χ0n) is 11.3. The molecule has 4 heteroatoms. The summed E-state index contributed by atoms with van der Waals surface area (Å²) < 4.78 is 2.12.